The Bertz CT molecular complexity index is 1260. The molecule has 0 aliphatic carbocycles. The number of halogens is 1. The van der Waals surface area contributed by atoms with Crippen molar-refractivity contribution in [2.45, 2.75) is 18.3 Å². The van der Waals surface area contributed by atoms with Gasteiger partial charge in [0.1, 0.15) is 11.6 Å². The molecule has 3 aromatic carbocycles. The number of anilines is 1. The molecule has 1 unspecified atom stereocenters. The molecule has 0 aromatic heterocycles. The van der Waals surface area contributed by atoms with E-state index in [1.54, 1.807) is 41.2 Å². The van der Waals surface area contributed by atoms with Gasteiger partial charge in [0.2, 0.25) is 0 Å². The Balaban J connectivity index is 1.63. The van der Waals surface area contributed by atoms with Gasteiger partial charge in [-0.3, -0.25) is 9.59 Å². The topological polar surface area (TPSA) is 49.9 Å². The van der Waals surface area contributed by atoms with Gasteiger partial charge in [-0.25, -0.2) is 4.39 Å². The number of aryl methyl sites for hydroxylation is 1. The zero-order valence-corrected chi connectivity index (χ0v) is 19.2. The summed E-state index contributed by atoms with van der Waals surface area (Å²) in [5.74, 6) is 0.528. The summed E-state index contributed by atoms with van der Waals surface area (Å²) in [6, 6.07) is 19.1. The van der Waals surface area contributed by atoms with Crippen molar-refractivity contribution in [1.82, 2.24) is 4.90 Å². The molecule has 168 valence electrons. The van der Waals surface area contributed by atoms with Gasteiger partial charge in [-0.15, -0.1) is 11.8 Å². The quantitative estimate of drug-likeness (QED) is 0.563. The SMILES string of the molecule is COc1ccc2c(c1)C1(SCCN1C(=O)c1ccccc1C)C(=O)N2Cc1cccc(F)c1. The number of carbonyl (C=O) groups is 2. The van der Waals surface area contributed by atoms with Crippen LogP contribution in [0.5, 0.6) is 5.75 Å². The molecule has 5 nitrogen and oxygen atoms in total. The molecule has 1 spiro atoms. The highest BCUT2D eigenvalue weighted by Gasteiger charge is 2.59. The number of methoxy groups -OCH3 is 1. The van der Waals surface area contributed by atoms with Crippen molar-refractivity contribution >= 4 is 29.3 Å². The smallest absolute Gasteiger partial charge is 0.268 e. The van der Waals surface area contributed by atoms with Gasteiger partial charge in [0, 0.05) is 23.4 Å². The van der Waals surface area contributed by atoms with Gasteiger partial charge in [0.15, 0.2) is 4.87 Å². The van der Waals surface area contributed by atoms with E-state index in [0.717, 1.165) is 11.1 Å². The van der Waals surface area contributed by atoms with E-state index in [0.29, 0.717) is 34.9 Å². The molecule has 1 atom stereocenters. The Morgan fingerprint density at radius 1 is 1.12 bits per heavy atom. The molecule has 3 aromatic rings. The third-order valence-electron chi connectivity index (χ3n) is 6.25. The molecule has 2 amide bonds. The van der Waals surface area contributed by atoms with Crippen LogP contribution in [0.4, 0.5) is 10.1 Å². The lowest BCUT2D eigenvalue weighted by molar-refractivity contribution is -0.123. The van der Waals surface area contributed by atoms with Crippen molar-refractivity contribution in [3.8, 4) is 5.75 Å². The Hall–Kier alpha value is -3.32. The molecule has 2 aliphatic heterocycles. The van der Waals surface area contributed by atoms with Crippen LogP contribution in [0.1, 0.15) is 27.0 Å². The van der Waals surface area contributed by atoms with Crippen LogP contribution in [0.15, 0.2) is 66.7 Å². The number of fused-ring (bicyclic) bond motifs is 2. The predicted molar refractivity (Wildman–Crippen MR) is 127 cm³/mol. The molecule has 7 heteroatoms. The first-order valence-corrected chi connectivity index (χ1v) is 11.7. The van der Waals surface area contributed by atoms with E-state index in [1.807, 2.05) is 37.3 Å². The molecule has 0 bridgehead atoms. The second-order valence-electron chi connectivity index (χ2n) is 8.17. The number of hydrogen-bond donors (Lipinski definition) is 0. The molecule has 0 saturated carbocycles. The van der Waals surface area contributed by atoms with Crippen LogP contribution in [0.25, 0.3) is 0 Å². The lowest BCUT2D eigenvalue weighted by Gasteiger charge is -2.33. The van der Waals surface area contributed by atoms with Crippen LogP contribution in [0.2, 0.25) is 0 Å². The van der Waals surface area contributed by atoms with Gasteiger partial charge in [-0.2, -0.15) is 0 Å². The van der Waals surface area contributed by atoms with Crippen LogP contribution < -0.4 is 9.64 Å². The van der Waals surface area contributed by atoms with Gasteiger partial charge in [-0.05, 0) is 54.4 Å². The second-order valence-corrected chi connectivity index (χ2v) is 9.46. The second kappa shape index (κ2) is 8.23. The van der Waals surface area contributed by atoms with Crippen molar-refractivity contribution in [3.63, 3.8) is 0 Å². The minimum Gasteiger partial charge on any atom is -0.497 e. The van der Waals surface area contributed by atoms with Gasteiger partial charge in [-0.1, -0.05) is 30.3 Å². The minimum absolute atomic E-state index is 0.173. The van der Waals surface area contributed by atoms with Gasteiger partial charge in [0.25, 0.3) is 11.8 Å². The van der Waals surface area contributed by atoms with Crippen molar-refractivity contribution in [3.05, 3.63) is 94.8 Å². The molecular formula is C26H23FN2O3S. The number of thioether (sulfide) groups is 1. The summed E-state index contributed by atoms with van der Waals surface area (Å²) in [7, 11) is 1.58. The average molecular weight is 463 g/mol. The Labute approximate surface area is 196 Å². The molecule has 2 heterocycles. The lowest BCUT2D eigenvalue weighted by Crippen LogP contribution is -2.50. The number of nitrogens with zero attached hydrogens (tertiary/aromatic N) is 2. The van der Waals surface area contributed by atoms with E-state index in [2.05, 4.69) is 0 Å². The van der Waals surface area contributed by atoms with Crippen LogP contribution in [-0.4, -0.2) is 36.1 Å². The summed E-state index contributed by atoms with van der Waals surface area (Å²) >= 11 is 1.46. The highest BCUT2D eigenvalue weighted by Crippen LogP contribution is 2.55. The summed E-state index contributed by atoms with van der Waals surface area (Å²) in [4.78, 5) is 29.9. The number of hydrogen-bond acceptors (Lipinski definition) is 4. The zero-order valence-electron chi connectivity index (χ0n) is 18.4. The molecule has 0 radical (unpaired) electrons. The third kappa shape index (κ3) is 3.38. The maximum absolute atomic E-state index is 14.1. The number of ether oxygens (including phenoxy) is 1. The maximum atomic E-state index is 14.1. The largest absolute Gasteiger partial charge is 0.497 e. The monoisotopic (exact) mass is 462 g/mol. The summed E-state index contributed by atoms with van der Waals surface area (Å²) in [6.07, 6.45) is 0. The van der Waals surface area contributed by atoms with Crippen molar-refractivity contribution < 1.29 is 18.7 Å². The first-order valence-electron chi connectivity index (χ1n) is 10.7. The van der Waals surface area contributed by atoms with E-state index in [1.165, 1.54) is 23.9 Å². The fourth-order valence-corrected chi connectivity index (χ4v) is 6.11. The van der Waals surface area contributed by atoms with Crippen LogP contribution in [0, 0.1) is 12.7 Å². The highest BCUT2D eigenvalue weighted by atomic mass is 32.2. The van der Waals surface area contributed by atoms with E-state index in [9.17, 15) is 14.0 Å². The molecular weight excluding hydrogens is 439 g/mol. The molecule has 1 fully saturated rings. The fraction of sp³-hybridized carbons (Fsp3) is 0.231. The lowest BCUT2D eigenvalue weighted by atomic mass is 10.0. The Morgan fingerprint density at radius 3 is 2.70 bits per heavy atom. The molecule has 1 saturated heterocycles. The predicted octanol–water partition coefficient (Wildman–Crippen LogP) is 4.73. The normalized spacial score (nSPS) is 19.3. The van der Waals surface area contributed by atoms with Crippen LogP contribution in [-0.2, 0) is 16.2 Å². The third-order valence-corrected chi connectivity index (χ3v) is 7.67. The summed E-state index contributed by atoms with van der Waals surface area (Å²) in [5, 5.41) is 0. The highest BCUT2D eigenvalue weighted by molar-refractivity contribution is 8.01. The molecule has 33 heavy (non-hydrogen) atoms. The fourth-order valence-electron chi connectivity index (χ4n) is 4.65. The summed E-state index contributed by atoms with van der Waals surface area (Å²) in [6.45, 7) is 2.56. The average Bonchev–Trinajstić information content (AvgIpc) is 3.36. The van der Waals surface area contributed by atoms with E-state index < -0.39 is 4.87 Å². The zero-order chi connectivity index (χ0) is 23.2. The number of rotatable bonds is 4. The van der Waals surface area contributed by atoms with Crippen molar-refractivity contribution in [2.24, 2.45) is 0 Å². The van der Waals surface area contributed by atoms with Crippen molar-refractivity contribution in [2.75, 3.05) is 24.3 Å². The maximum Gasteiger partial charge on any atom is 0.268 e. The Morgan fingerprint density at radius 2 is 1.94 bits per heavy atom. The summed E-state index contributed by atoms with van der Waals surface area (Å²) in [5.41, 5.74) is 3.57. The van der Waals surface area contributed by atoms with Crippen LogP contribution >= 0.6 is 11.8 Å². The molecule has 2 aliphatic rings. The van der Waals surface area contributed by atoms with Gasteiger partial charge in [0.05, 0.1) is 19.3 Å². The standard InChI is InChI=1S/C26H23FN2O3S/c1-17-6-3-4-9-21(17)24(30)29-12-13-33-26(29)22-15-20(32-2)10-11-23(22)28(25(26)31)16-18-7-5-8-19(27)14-18/h3-11,14-15H,12-13,16H2,1-2H3. The number of benzene rings is 3. The first-order chi connectivity index (χ1) is 16.0. The van der Waals surface area contributed by atoms with E-state index in [4.69, 9.17) is 4.74 Å². The number of carbonyl (C=O) groups excluding carboxylic acids is 2. The van der Waals surface area contributed by atoms with E-state index in [-0.39, 0.29) is 24.2 Å². The minimum atomic E-state index is -1.18. The Kier molecular flexibility index (Phi) is 5.37. The summed E-state index contributed by atoms with van der Waals surface area (Å²) < 4.78 is 19.3. The van der Waals surface area contributed by atoms with Crippen molar-refractivity contribution in [1.29, 1.82) is 0 Å². The van der Waals surface area contributed by atoms with E-state index >= 15 is 0 Å². The van der Waals surface area contributed by atoms with Crippen LogP contribution in [0.3, 0.4) is 0 Å². The van der Waals surface area contributed by atoms with Gasteiger partial charge >= 0.3 is 0 Å². The van der Waals surface area contributed by atoms with Gasteiger partial charge < -0.3 is 14.5 Å². The molecule has 0 N–H and O–H groups in total. The molecule has 5 rings (SSSR count). The first kappa shape index (κ1) is 21.5. The number of amides is 2.